The smallest absolute Gasteiger partial charge is 0.0577 e. The van der Waals surface area contributed by atoms with E-state index in [1.807, 2.05) is 0 Å². The summed E-state index contributed by atoms with van der Waals surface area (Å²) in [7, 11) is 0. The summed E-state index contributed by atoms with van der Waals surface area (Å²) in [5, 5.41) is 2.22. The molecule has 98 valence electrons. The zero-order valence-electron chi connectivity index (χ0n) is 11.1. The van der Waals surface area contributed by atoms with Crippen LogP contribution in [0.15, 0.2) is 60.7 Å². The molecule has 0 radical (unpaired) electrons. The number of hydrogen-bond acceptors (Lipinski definition) is 2. The van der Waals surface area contributed by atoms with Crippen LogP contribution in [-0.4, -0.2) is 6.04 Å². The van der Waals surface area contributed by atoms with Crippen molar-refractivity contribution < 1.29 is 0 Å². The van der Waals surface area contributed by atoms with E-state index in [1.165, 1.54) is 37.1 Å². The maximum absolute atomic E-state index is 3.68. The van der Waals surface area contributed by atoms with Crippen molar-refractivity contribution in [2.45, 2.75) is 31.7 Å². The maximum Gasteiger partial charge on any atom is 0.0577 e. The van der Waals surface area contributed by atoms with Gasteiger partial charge in [-0.2, -0.15) is 0 Å². The third-order valence-electron chi connectivity index (χ3n) is 3.70. The van der Waals surface area contributed by atoms with E-state index >= 15 is 0 Å². The normalized spacial score (nSPS) is 15.6. The molecule has 1 saturated carbocycles. The van der Waals surface area contributed by atoms with Crippen molar-refractivity contribution in [3.8, 4) is 0 Å². The van der Waals surface area contributed by atoms with Gasteiger partial charge in [0.15, 0.2) is 0 Å². The van der Waals surface area contributed by atoms with Gasteiger partial charge in [0.2, 0.25) is 0 Å². The largest absolute Gasteiger partial charge is 0.277 e. The zero-order chi connectivity index (χ0) is 12.9. The Hall–Kier alpha value is -1.80. The SMILES string of the molecule is c1ccc(N(NC2CCCC2)c2ccccc2)cc1. The maximum atomic E-state index is 3.68. The molecule has 1 fully saturated rings. The third kappa shape index (κ3) is 2.96. The molecule has 2 heteroatoms. The molecule has 0 spiro atoms. The van der Waals surface area contributed by atoms with E-state index in [2.05, 4.69) is 71.1 Å². The highest BCUT2D eigenvalue weighted by Crippen LogP contribution is 2.26. The molecule has 0 bridgehead atoms. The molecule has 0 saturated heterocycles. The zero-order valence-corrected chi connectivity index (χ0v) is 11.1. The number of rotatable bonds is 4. The predicted octanol–water partition coefficient (Wildman–Crippen LogP) is 4.27. The van der Waals surface area contributed by atoms with Crippen LogP contribution in [0.5, 0.6) is 0 Å². The van der Waals surface area contributed by atoms with Gasteiger partial charge in [0, 0.05) is 6.04 Å². The van der Waals surface area contributed by atoms with Crippen molar-refractivity contribution >= 4 is 11.4 Å². The van der Waals surface area contributed by atoms with Crippen LogP contribution < -0.4 is 10.4 Å². The van der Waals surface area contributed by atoms with Gasteiger partial charge in [-0.25, -0.2) is 5.43 Å². The van der Waals surface area contributed by atoms with E-state index in [0.29, 0.717) is 6.04 Å². The summed E-state index contributed by atoms with van der Waals surface area (Å²) in [6.45, 7) is 0. The lowest BCUT2D eigenvalue weighted by Gasteiger charge is -2.29. The summed E-state index contributed by atoms with van der Waals surface area (Å²) in [5.74, 6) is 0. The highest BCUT2D eigenvalue weighted by Gasteiger charge is 2.18. The standard InChI is InChI=1S/C17H20N2/c1-3-11-16(12-4-1)19(17-13-5-2-6-14-17)18-15-9-7-8-10-15/h1-6,11-15,18H,7-10H2. The first-order valence-corrected chi connectivity index (χ1v) is 7.10. The van der Waals surface area contributed by atoms with E-state index in [4.69, 9.17) is 0 Å². The van der Waals surface area contributed by atoms with Gasteiger partial charge in [0.1, 0.15) is 0 Å². The van der Waals surface area contributed by atoms with E-state index < -0.39 is 0 Å². The Labute approximate surface area is 115 Å². The fourth-order valence-electron chi connectivity index (χ4n) is 2.69. The van der Waals surface area contributed by atoms with E-state index in [-0.39, 0.29) is 0 Å². The van der Waals surface area contributed by atoms with Crippen molar-refractivity contribution in [3.63, 3.8) is 0 Å². The molecule has 0 atom stereocenters. The van der Waals surface area contributed by atoms with Crippen LogP contribution in [0, 0.1) is 0 Å². The molecule has 3 rings (SSSR count). The molecular formula is C17H20N2. The van der Waals surface area contributed by atoms with Crippen molar-refractivity contribution in [1.29, 1.82) is 0 Å². The second-order valence-corrected chi connectivity index (χ2v) is 5.12. The number of para-hydroxylation sites is 2. The van der Waals surface area contributed by atoms with Crippen molar-refractivity contribution in [2.24, 2.45) is 0 Å². The van der Waals surface area contributed by atoms with Crippen LogP contribution in [0.2, 0.25) is 0 Å². The van der Waals surface area contributed by atoms with Gasteiger partial charge < -0.3 is 0 Å². The van der Waals surface area contributed by atoms with Crippen LogP contribution in [0.25, 0.3) is 0 Å². The van der Waals surface area contributed by atoms with E-state index in [0.717, 1.165) is 0 Å². The van der Waals surface area contributed by atoms with Crippen molar-refractivity contribution in [2.75, 3.05) is 5.01 Å². The summed E-state index contributed by atoms with van der Waals surface area (Å²) in [5.41, 5.74) is 6.07. The number of nitrogens with one attached hydrogen (secondary N) is 1. The molecule has 0 aromatic heterocycles. The van der Waals surface area contributed by atoms with Gasteiger partial charge in [-0.15, -0.1) is 0 Å². The molecule has 0 heterocycles. The molecule has 2 aromatic rings. The molecule has 2 nitrogen and oxygen atoms in total. The second-order valence-electron chi connectivity index (χ2n) is 5.12. The summed E-state index contributed by atoms with van der Waals surface area (Å²) in [6, 6.07) is 21.6. The van der Waals surface area contributed by atoms with Crippen LogP contribution in [0.3, 0.4) is 0 Å². The molecule has 1 N–H and O–H groups in total. The van der Waals surface area contributed by atoms with Crippen molar-refractivity contribution in [3.05, 3.63) is 60.7 Å². The minimum absolute atomic E-state index is 0.598. The molecule has 2 aromatic carbocycles. The summed E-state index contributed by atoms with van der Waals surface area (Å²) in [4.78, 5) is 0. The monoisotopic (exact) mass is 252 g/mol. The van der Waals surface area contributed by atoms with Crippen LogP contribution >= 0.6 is 0 Å². The minimum Gasteiger partial charge on any atom is -0.277 e. The average molecular weight is 252 g/mol. The highest BCUT2D eigenvalue weighted by molar-refractivity contribution is 5.61. The molecule has 0 aliphatic heterocycles. The van der Waals surface area contributed by atoms with Gasteiger partial charge >= 0.3 is 0 Å². The molecule has 0 unspecified atom stereocenters. The molecule has 0 amide bonds. The van der Waals surface area contributed by atoms with E-state index in [1.54, 1.807) is 0 Å². The fourth-order valence-corrected chi connectivity index (χ4v) is 2.69. The number of benzene rings is 2. The Balaban J connectivity index is 1.87. The first-order chi connectivity index (χ1) is 9.43. The average Bonchev–Trinajstić information content (AvgIpc) is 3.00. The minimum atomic E-state index is 0.598. The summed E-state index contributed by atoms with van der Waals surface area (Å²) in [6.07, 6.45) is 5.23. The van der Waals surface area contributed by atoms with Crippen molar-refractivity contribution in [1.82, 2.24) is 5.43 Å². The number of anilines is 2. The highest BCUT2D eigenvalue weighted by atomic mass is 15.5. The molecule has 19 heavy (non-hydrogen) atoms. The topological polar surface area (TPSA) is 15.3 Å². The summed E-state index contributed by atoms with van der Waals surface area (Å²) < 4.78 is 0. The lowest BCUT2D eigenvalue weighted by Crippen LogP contribution is -2.40. The third-order valence-corrected chi connectivity index (χ3v) is 3.70. The van der Waals surface area contributed by atoms with Gasteiger partial charge in [-0.3, -0.25) is 5.01 Å². The molecule has 1 aliphatic rings. The predicted molar refractivity (Wildman–Crippen MR) is 80.4 cm³/mol. The van der Waals surface area contributed by atoms with Crippen LogP contribution in [-0.2, 0) is 0 Å². The number of nitrogens with zero attached hydrogens (tertiary/aromatic N) is 1. The second kappa shape index (κ2) is 5.89. The van der Waals surface area contributed by atoms with Gasteiger partial charge in [0.25, 0.3) is 0 Å². The Morgan fingerprint density at radius 2 is 1.21 bits per heavy atom. The lowest BCUT2D eigenvalue weighted by atomic mass is 10.2. The lowest BCUT2D eigenvalue weighted by molar-refractivity contribution is 0.533. The Kier molecular flexibility index (Phi) is 3.80. The quantitative estimate of drug-likeness (QED) is 0.817. The molecule has 1 aliphatic carbocycles. The van der Waals surface area contributed by atoms with Crippen LogP contribution in [0.1, 0.15) is 25.7 Å². The Bertz CT molecular complexity index is 450. The Morgan fingerprint density at radius 3 is 1.68 bits per heavy atom. The first-order valence-electron chi connectivity index (χ1n) is 7.10. The van der Waals surface area contributed by atoms with E-state index in [9.17, 15) is 0 Å². The number of hydrogen-bond donors (Lipinski definition) is 1. The number of hydrazine groups is 1. The summed E-state index contributed by atoms with van der Waals surface area (Å²) >= 11 is 0. The first kappa shape index (κ1) is 12.2. The fraction of sp³-hybridized carbons (Fsp3) is 0.294. The molecular weight excluding hydrogens is 232 g/mol. The van der Waals surface area contributed by atoms with Crippen LogP contribution in [0.4, 0.5) is 11.4 Å². The Morgan fingerprint density at radius 1 is 0.737 bits per heavy atom. The van der Waals surface area contributed by atoms with Gasteiger partial charge in [0.05, 0.1) is 11.4 Å². The van der Waals surface area contributed by atoms with Gasteiger partial charge in [-0.05, 0) is 37.1 Å². The van der Waals surface area contributed by atoms with Gasteiger partial charge in [-0.1, -0.05) is 49.2 Å².